The third-order valence-electron chi connectivity index (χ3n) is 1.07. The zero-order valence-electron chi connectivity index (χ0n) is 7.79. The smallest absolute Gasteiger partial charge is 0.118 e. The van der Waals surface area contributed by atoms with E-state index in [1.54, 1.807) is 0 Å². The minimum atomic E-state index is -0.238. The highest BCUT2D eigenvalue weighted by molar-refractivity contribution is 7.49. The maximum absolute atomic E-state index is 2.23. The standard InChI is InChI=1S/C6H18N3P.BH3/c1-7(2)10(8(3)4)9(5)6;/h1-6H3;1H3. The Morgan fingerprint density at radius 3 is 0.818 bits per heavy atom. The van der Waals surface area contributed by atoms with Crippen molar-refractivity contribution in [3.8, 4) is 0 Å². The fourth-order valence-electron chi connectivity index (χ4n) is 1.07. The maximum Gasteiger partial charge on any atom is 0.118 e. The lowest BCUT2D eigenvalue weighted by molar-refractivity contribution is 0.490. The molecule has 0 N–H and O–H groups in total. The lowest BCUT2D eigenvalue weighted by Crippen LogP contribution is -2.25. The van der Waals surface area contributed by atoms with Crippen LogP contribution >= 0.6 is 8.37 Å². The van der Waals surface area contributed by atoms with Crippen molar-refractivity contribution in [3.63, 3.8) is 0 Å². The second kappa shape index (κ2) is 5.95. The first-order chi connectivity index (χ1) is 4.46. The van der Waals surface area contributed by atoms with Crippen LogP contribution in [0.1, 0.15) is 0 Å². The summed E-state index contributed by atoms with van der Waals surface area (Å²) in [4.78, 5) is 0. The van der Waals surface area contributed by atoms with Crippen LogP contribution in [-0.2, 0) is 0 Å². The van der Waals surface area contributed by atoms with E-state index < -0.39 is 0 Å². The van der Waals surface area contributed by atoms with Gasteiger partial charge in [0.05, 0.1) is 8.41 Å². The molecule has 68 valence electrons. The third kappa shape index (κ3) is 4.75. The SMILES string of the molecule is B.CN(C)P(N(C)C)N(C)C. The summed E-state index contributed by atoms with van der Waals surface area (Å²) in [5, 5.41) is 0. The van der Waals surface area contributed by atoms with E-state index in [1.165, 1.54) is 0 Å². The molecule has 0 aliphatic heterocycles. The van der Waals surface area contributed by atoms with Crippen LogP contribution in [0.25, 0.3) is 0 Å². The van der Waals surface area contributed by atoms with Gasteiger partial charge in [0, 0.05) is 0 Å². The van der Waals surface area contributed by atoms with E-state index in [-0.39, 0.29) is 16.8 Å². The fourth-order valence-corrected chi connectivity index (χ4v) is 3.22. The van der Waals surface area contributed by atoms with E-state index in [0.717, 1.165) is 0 Å². The topological polar surface area (TPSA) is 9.72 Å². The van der Waals surface area contributed by atoms with Gasteiger partial charge in [-0.1, -0.05) is 0 Å². The summed E-state index contributed by atoms with van der Waals surface area (Å²) in [5.74, 6) is 0. The van der Waals surface area contributed by atoms with Gasteiger partial charge in [-0.05, 0) is 42.3 Å². The van der Waals surface area contributed by atoms with Gasteiger partial charge in [-0.2, -0.15) is 0 Å². The molecule has 0 spiro atoms. The number of hydrogen-bond acceptors (Lipinski definition) is 3. The Kier molecular flexibility index (Phi) is 7.54. The summed E-state index contributed by atoms with van der Waals surface area (Å²) >= 11 is 0. The van der Waals surface area contributed by atoms with Crippen LogP contribution in [0.4, 0.5) is 0 Å². The molecule has 0 amide bonds. The van der Waals surface area contributed by atoms with Gasteiger partial charge >= 0.3 is 0 Å². The van der Waals surface area contributed by atoms with Crippen LogP contribution in [0.2, 0.25) is 0 Å². The number of hydrogen-bond donors (Lipinski definition) is 0. The van der Waals surface area contributed by atoms with Crippen molar-refractivity contribution < 1.29 is 0 Å². The Bertz CT molecular complexity index is 78.8. The van der Waals surface area contributed by atoms with E-state index in [0.29, 0.717) is 0 Å². The second-order valence-electron chi connectivity index (χ2n) is 2.81. The summed E-state index contributed by atoms with van der Waals surface area (Å²) in [6.45, 7) is 0. The molecule has 3 nitrogen and oxygen atoms in total. The lowest BCUT2D eigenvalue weighted by atomic mass is 10.8. The molecule has 0 saturated carbocycles. The molecule has 0 aliphatic rings. The average molecular weight is 177 g/mol. The van der Waals surface area contributed by atoms with Crippen LogP contribution < -0.4 is 0 Å². The quantitative estimate of drug-likeness (QED) is 0.433. The van der Waals surface area contributed by atoms with Gasteiger partial charge < -0.3 is 0 Å². The molecule has 0 fully saturated rings. The van der Waals surface area contributed by atoms with Crippen LogP contribution in [0.3, 0.4) is 0 Å². The largest absolute Gasteiger partial charge is 0.264 e. The van der Waals surface area contributed by atoms with Gasteiger partial charge in [-0.3, -0.25) is 14.0 Å². The highest BCUT2D eigenvalue weighted by Gasteiger charge is 2.15. The van der Waals surface area contributed by atoms with Crippen LogP contribution in [0, 0.1) is 0 Å². The molecule has 0 radical (unpaired) electrons. The zero-order valence-corrected chi connectivity index (χ0v) is 8.68. The molecule has 0 aliphatic carbocycles. The van der Waals surface area contributed by atoms with Crippen LogP contribution in [-0.4, -0.2) is 64.7 Å². The van der Waals surface area contributed by atoms with Crippen molar-refractivity contribution in [2.45, 2.75) is 0 Å². The normalized spacial score (nSPS) is 11.5. The van der Waals surface area contributed by atoms with Gasteiger partial charge in [0.2, 0.25) is 0 Å². The van der Waals surface area contributed by atoms with E-state index >= 15 is 0 Å². The average Bonchev–Trinajstić information content (AvgIpc) is 1.59. The minimum absolute atomic E-state index is 0. The van der Waals surface area contributed by atoms with Crippen molar-refractivity contribution in [1.29, 1.82) is 0 Å². The van der Waals surface area contributed by atoms with Gasteiger partial charge in [-0.15, -0.1) is 0 Å². The summed E-state index contributed by atoms with van der Waals surface area (Å²) in [7, 11) is 12.4. The van der Waals surface area contributed by atoms with Gasteiger partial charge in [0.15, 0.2) is 0 Å². The zero-order chi connectivity index (χ0) is 8.31. The highest BCUT2D eigenvalue weighted by atomic mass is 31.2. The Morgan fingerprint density at radius 1 is 0.636 bits per heavy atom. The summed E-state index contributed by atoms with van der Waals surface area (Å²) < 4.78 is 6.69. The molecule has 0 aromatic heterocycles. The van der Waals surface area contributed by atoms with E-state index in [2.05, 4.69) is 56.3 Å². The molecule has 0 saturated heterocycles. The monoisotopic (exact) mass is 177 g/mol. The lowest BCUT2D eigenvalue weighted by Gasteiger charge is -2.34. The first-order valence-corrected chi connectivity index (χ1v) is 4.48. The molecular weight excluding hydrogens is 156 g/mol. The van der Waals surface area contributed by atoms with Crippen molar-refractivity contribution in [2.75, 3.05) is 42.3 Å². The molecule has 0 aromatic rings. The Morgan fingerprint density at radius 2 is 0.818 bits per heavy atom. The molecular formula is C6H21BN3P. The molecule has 0 aromatic carbocycles. The van der Waals surface area contributed by atoms with Gasteiger partial charge in [0.25, 0.3) is 0 Å². The molecule has 5 heteroatoms. The van der Waals surface area contributed by atoms with Crippen molar-refractivity contribution in [3.05, 3.63) is 0 Å². The summed E-state index contributed by atoms with van der Waals surface area (Å²) in [5.41, 5.74) is 0. The number of rotatable bonds is 3. The van der Waals surface area contributed by atoms with Crippen molar-refractivity contribution >= 4 is 16.8 Å². The van der Waals surface area contributed by atoms with Crippen molar-refractivity contribution in [2.24, 2.45) is 0 Å². The van der Waals surface area contributed by atoms with E-state index in [9.17, 15) is 0 Å². The first-order valence-electron chi connectivity index (χ1n) is 3.28. The summed E-state index contributed by atoms with van der Waals surface area (Å²) in [6, 6.07) is 0. The molecule has 0 heterocycles. The van der Waals surface area contributed by atoms with E-state index in [4.69, 9.17) is 0 Å². The predicted molar refractivity (Wildman–Crippen MR) is 57.9 cm³/mol. The van der Waals surface area contributed by atoms with Crippen LogP contribution in [0.15, 0.2) is 0 Å². The predicted octanol–water partition coefficient (Wildman–Crippen LogP) is -0.286. The molecule has 0 atom stereocenters. The Labute approximate surface area is 73.8 Å². The fraction of sp³-hybridized carbons (Fsp3) is 1.00. The van der Waals surface area contributed by atoms with Gasteiger partial charge in [0.1, 0.15) is 8.37 Å². The maximum atomic E-state index is 2.23. The highest BCUT2D eigenvalue weighted by Crippen LogP contribution is 2.40. The first kappa shape index (κ1) is 13.9. The van der Waals surface area contributed by atoms with Crippen molar-refractivity contribution in [1.82, 2.24) is 14.0 Å². The molecule has 0 rings (SSSR count). The number of nitrogens with zero attached hydrogens (tertiary/aromatic N) is 3. The Hall–Kier alpha value is 0.375. The second-order valence-corrected chi connectivity index (χ2v) is 5.75. The molecule has 0 unspecified atom stereocenters. The minimum Gasteiger partial charge on any atom is -0.264 e. The van der Waals surface area contributed by atoms with E-state index in [1.807, 2.05) is 0 Å². The summed E-state index contributed by atoms with van der Waals surface area (Å²) in [6.07, 6.45) is 0. The Balaban J connectivity index is 0. The molecule has 11 heavy (non-hydrogen) atoms. The third-order valence-corrected chi connectivity index (χ3v) is 3.22. The molecule has 0 bridgehead atoms. The van der Waals surface area contributed by atoms with Crippen LogP contribution in [0.5, 0.6) is 0 Å². The van der Waals surface area contributed by atoms with Gasteiger partial charge in [-0.25, -0.2) is 0 Å².